The van der Waals surface area contributed by atoms with Crippen LogP contribution < -0.4 is 4.74 Å². The van der Waals surface area contributed by atoms with Crippen LogP contribution in [0, 0.1) is 11.3 Å². The van der Waals surface area contributed by atoms with Crippen molar-refractivity contribution in [3.63, 3.8) is 0 Å². The van der Waals surface area contributed by atoms with Crippen LogP contribution >= 0.6 is 0 Å². The molecule has 0 aliphatic rings. The number of rotatable bonds is 9. The van der Waals surface area contributed by atoms with E-state index < -0.39 is 0 Å². The van der Waals surface area contributed by atoms with Gasteiger partial charge in [0, 0.05) is 6.54 Å². The number of ether oxygens (including phenoxy) is 1. The average Bonchev–Trinajstić information content (AvgIpc) is 2.44. The van der Waals surface area contributed by atoms with E-state index in [0.29, 0.717) is 5.56 Å². The number of hydrogen-bond donors (Lipinski definition) is 0. The van der Waals surface area contributed by atoms with Crippen LogP contribution in [0.15, 0.2) is 24.3 Å². The molecular weight excluding hydrogens is 236 g/mol. The molecule has 104 valence electrons. The Hall–Kier alpha value is -1.53. The van der Waals surface area contributed by atoms with Crippen molar-refractivity contribution in [3.8, 4) is 11.8 Å². The molecule has 3 heteroatoms. The van der Waals surface area contributed by atoms with Gasteiger partial charge in [0.05, 0.1) is 18.2 Å². The second-order valence-corrected chi connectivity index (χ2v) is 4.85. The molecule has 0 aromatic heterocycles. The predicted molar refractivity (Wildman–Crippen MR) is 78.3 cm³/mol. The second kappa shape index (κ2) is 9.41. The molecular formula is C16H24N2O. The quantitative estimate of drug-likeness (QED) is 0.638. The van der Waals surface area contributed by atoms with Gasteiger partial charge in [-0.05, 0) is 50.7 Å². The van der Waals surface area contributed by atoms with E-state index in [9.17, 15) is 0 Å². The van der Waals surface area contributed by atoms with Crippen molar-refractivity contribution in [2.24, 2.45) is 0 Å². The lowest BCUT2D eigenvalue weighted by atomic mass is 10.2. The van der Waals surface area contributed by atoms with E-state index in [1.165, 1.54) is 25.8 Å². The summed E-state index contributed by atoms with van der Waals surface area (Å²) in [5, 5.41) is 8.70. The molecule has 0 spiro atoms. The molecule has 0 heterocycles. The highest BCUT2D eigenvalue weighted by Crippen LogP contribution is 2.11. The summed E-state index contributed by atoms with van der Waals surface area (Å²) in [5.41, 5.74) is 0.669. The van der Waals surface area contributed by atoms with E-state index >= 15 is 0 Å². The molecule has 0 aliphatic carbocycles. The molecule has 0 saturated carbocycles. The molecule has 0 saturated heterocycles. The predicted octanol–water partition coefficient (Wildman–Crippen LogP) is 3.45. The molecule has 0 fully saturated rings. The van der Waals surface area contributed by atoms with E-state index in [1.807, 2.05) is 12.1 Å². The second-order valence-electron chi connectivity index (χ2n) is 4.85. The van der Waals surface area contributed by atoms with Crippen LogP contribution in [0.2, 0.25) is 0 Å². The SMILES string of the molecule is CCCCCN(C)CCCOc1ccc(C#N)cc1. The van der Waals surface area contributed by atoms with Gasteiger partial charge in [-0.3, -0.25) is 0 Å². The summed E-state index contributed by atoms with van der Waals surface area (Å²) >= 11 is 0. The first kappa shape index (κ1) is 15.5. The van der Waals surface area contributed by atoms with Gasteiger partial charge >= 0.3 is 0 Å². The fourth-order valence-corrected chi connectivity index (χ4v) is 1.89. The molecule has 19 heavy (non-hydrogen) atoms. The van der Waals surface area contributed by atoms with Crippen LogP contribution in [0.4, 0.5) is 0 Å². The monoisotopic (exact) mass is 260 g/mol. The Balaban J connectivity index is 2.11. The van der Waals surface area contributed by atoms with E-state index in [1.54, 1.807) is 12.1 Å². The number of benzene rings is 1. The Kier molecular flexibility index (Phi) is 7.69. The largest absolute Gasteiger partial charge is 0.494 e. The van der Waals surface area contributed by atoms with Gasteiger partial charge in [0.15, 0.2) is 0 Å². The molecule has 1 aromatic rings. The minimum absolute atomic E-state index is 0.669. The Bertz CT molecular complexity index is 381. The third-order valence-corrected chi connectivity index (χ3v) is 3.08. The van der Waals surface area contributed by atoms with E-state index in [4.69, 9.17) is 10.00 Å². The molecule has 0 amide bonds. The standard InChI is InChI=1S/C16H24N2O/c1-3-4-5-11-18(2)12-6-13-19-16-9-7-15(14-17)8-10-16/h7-10H,3-6,11-13H2,1-2H3. The van der Waals surface area contributed by atoms with E-state index in [2.05, 4.69) is 24.9 Å². The summed E-state index contributed by atoms with van der Waals surface area (Å²) in [5.74, 6) is 0.840. The fraction of sp³-hybridized carbons (Fsp3) is 0.562. The van der Waals surface area contributed by atoms with Gasteiger partial charge in [0.1, 0.15) is 5.75 Å². The highest BCUT2D eigenvalue weighted by molar-refractivity contribution is 5.34. The zero-order chi connectivity index (χ0) is 13.9. The Morgan fingerprint density at radius 1 is 1.11 bits per heavy atom. The van der Waals surface area contributed by atoms with Crippen molar-refractivity contribution < 1.29 is 4.74 Å². The summed E-state index contributed by atoms with van der Waals surface area (Å²) in [6.07, 6.45) is 4.90. The minimum Gasteiger partial charge on any atom is -0.494 e. The van der Waals surface area contributed by atoms with Crippen molar-refractivity contribution >= 4 is 0 Å². The van der Waals surface area contributed by atoms with Gasteiger partial charge < -0.3 is 9.64 Å². The van der Waals surface area contributed by atoms with Crippen molar-refractivity contribution in [3.05, 3.63) is 29.8 Å². The van der Waals surface area contributed by atoms with Crippen LogP contribution in [-0.4, -0.2) is 31.6 Å². The van der Waals surface area contributed by atoms with Crippen molar-refractivity contribution in [1.29, 1.82) is 5.26 Å². The van der Waals surface area contributed by atoms with Crippen molar-refractivity contribution in [2.45, 2.75) is 32.6 Å². The zero-order valence-corrected chi connectivity index (χ0v) is 12.1. The normalized spacial score (nSPS) is 10.4. The molecule has 0 atom stereocenters. The maximum Gasteiger partial charge on any atom is 0.119 e. The van der Waals surface area contributed by atoms with Gasteiger partial charge in [0.25, 0.3) is 0 Å². The number of hydrogen-bond acceptors (Lipinski definition) is 3. The Labute approximate surface area is 116 Å². The first-order valence-electron chi connectivity index (χ1n) is 7.07. The topological polar surface area (TPSA) is 36.3 Å². The van der Waals surface area contributed by atoms with E-state index in [0.717, 1.165) is 25.3 Å². The first-order chi connectivity index (χ1) is 9.26. The highest BCUT2D eigenvalue weighted by Gasteiger charge is 1.99. The highest BCUT2D eigenvalue weighted by atomic mass is 16.5. The summed E-state index contributed by atoms with van der Waals surface area (Å²) in [4.78, 5) is 2.36. The molecule has 0 bridgehead atoms. The van der Waals surface area contributed by atoms with E-state index in [-0.39, 0.29) is 0 Å². The molecule has 0 N–H and O–H groups in total. The molecule has 0 aliphatic heterocycles. The van der Waals surface area contributed by atoms with Crippen LogP contribution in [0.1, 0.15) is 38.2 Å². The summed E-state index contributed by atoms with van der Waals surface area (Å²) in [6, 6.07) is 9.37. The van der Waals surface area contributed by atoms with Crippen molar-refractivity contribution in [2.75, 3.05) is 26.7 Å². The first-order valence-corrected chi connectivity index (χ1v) is 7.07. The fourth-order valence-electron chi connectivity index (χ4n) is 1.89. The van der Waals surface area contributed by atoms with Crippen molar-refractivity contribution in [1.82, 2.24) is 4.90 Å². The average molecular weight is 260 g/mol. The Morgan fingerprint density at radius 2 is 1.79 bits per heavy atom. The van der Waals surface area contributed by atoms with Crippen LogP contribution in [0.5, 0.6) is 5.75 Å². The van der Waals surface area contributed by atoms with Crippen LogP contribution in [-0.2, 0) is 0 Å². The van der Waals surface area contributed by atoms with Crippen LogP contribution in [0.25, 0.3) is 0 Å². The number of nitriles is 1. The molecule has 0 unspecified atom stereocenters. The van der Waals surface area contributed by atoms with Gasteiger partial charge in [-0.25, -0.2) is 0 Å². The number of nitrogens with zero attached hydrogens (tertiary/aromatic N) is 2. The van der Waals surface area contributed by atoms with Gasteiger partial charge in [-0.15, -0.1) is 0 Å². The zero-order valence-electron chi connectivity index (χ0n) is 12.1. The summed E-state index contributed by atoms with van der Waals surface area (Å²) < 4.78 is 5.65. The molecule has 0 radical (unpaired) electrons. The minimum atomic E-state index is 0.669. The lowest BCUT2D eigenvalue weighted by Crippen LogP contribution is -2.22. The summed E-state index contributed by atoms with van der Waals surface area (Å²) in [7, 11) is 2.16. The lowest BCUT2D eigenvalue weighted by molar-refractivity contribution is 0.260. The molecule has 3 nitrogen and oxygen atoms in total. The van der Waals surface area contributed by atoms with Gasteiger partial charge in [-0.1, -0.05) is 19.8 Å². The third kappa shape index (κ3) is 6.83. The smallest absolute Gasteiger partial charge is 0.119 e. The molecule has 1 aromatic carbocycles. The molecule has 1 rings (SSSR count). The maximum atomic E-state index is 8.70. The van der Waals surface area contributed by atoms with Crippen LogP contribution in [0.3, 0.4) is 0 Å². The lowest BCUT2D eigenvalue weighted by Gasteiger charge is -2.16. The van der Waals surface area contributed by atoms with Gasteiger partial charge in [-0.2, -0.15) is 5.26 Å². The maximum absolute atomic E-state index is 8.70. The Morgan fingerprint density at radius 3 is 2.42 bits per heavy atom. The van der Waals surface area contributed by atoms with Gasteiger partial charge in [0.2, 0.25) is 0 Å². The summed E-state index contributed by atoms with van der Waals surface area (Å²) in [6.45, 7) is 5.19. The third-order valence-electron chi connectivity index (χ3n) is 3.08. The number of unbranched alkanes of at least 4 members (excludes halogenated alkanes) is 2.